The van der Waals surface area contributed by atoms with Crippen molar-refractivity contribution >= 4 is 0 Å². The first-order valence-electron chi connectivity index (χ1n) is 5.62. The molecule has 0 atom stereocenters. The molecule has 0 aliphatic rings. The number of nitrogens with zero attached hydrogens (tertiary/aromatic N) is 1. The molecule has 0 aromatic carbocycles. The Labute approximate surface area is 94.5 Å². The second kappa shape index (κ2) is 6.46. The van der Waals surface area contributed by atoms with Gasteiger partial charge in [-0.15, -0.1) is 0 Å². The van der Waals surface area contributed by atoms with Gasteiger partial charge in [0.25, 0.3) is 0 Å². The summed E-state index contributed by atoms with van der Waals surface area (Å²) >= 11 is 0. The summed E-state index contributed by atoms with van der Waals surface area (Å²) in [6.07, 6.45) is 0. The highest BCUT2D eigenvalue weighted by Gasteiger charge is 2.10. The maximum Gasteiger partial charge on any atom is 0.0614 e. The molecule has 0 aromatic rings. The molecule has 0 rings (SSSR count). The summed E-state index contributed by atoms with van der Waals surface area (Å²) in [5.41, 5.74) is -0.116. The summed E-state index contributed by atoms with van der Waals surface area (Å²) in [5.74, 6) is 0. The molecule has 91 valence electrons. The number of ether oxygens (including phenoxy) is 2. The van der Waals surface area contributed by atoms with Crippen LogP contribution in [0.15, 0.2) is 0 Å². The van der Waals surface area contributed by atoms with Crippen molar-refractivity contribution in [3.63, 3.8) is 0 Å². The molecule has 0 unspecified atom stereocenters. The average Bonchev–Trinajstić information content (AvgIpc) is 1.98. The molecular formula is C12H26NO2. The lowest BCUT2D eigenvalue weighted by Crippen LogP contribution is -2.27. The van der Waals surface area contributed by atoms with Gasteiger partial charge in [0, 0.05) is 13.1 Å². The zero-order valence-corrected chi connectivity index (χ0v) is 11.1. The molecule has 3 heteroatoms. The largest absolute Gasteiger partial charge is 0.374 e. The summed E-state index contributed by atoms with van der Waals surface area (Å²) in [4.78, 5) is 0. The van der Waals surface area contributed by atoms with Crippen molar-refractivity contribution < 1.29 is 9.47 Å². The van der Waals surface area contributed by atoms with E-state index in [1.807, 2.05) is 0 Å². The van der Waals surface area contributed by atoms with Gasteiger partial charge in [-0.25, -0.2) is 5.32 Å². The van der Waals surface area contributed by atoms with Crippen molar-refractivity contribution in [3.8, 4) is 0 Å². The van der Waals surface area contributed by atoms with Gasteiger partial charge in [0.15, 0.2) is 0 Å². The lowest BCUT2D eigenvalue weighted by atomic mass is 10.2. The van der Waals surface area contributed by atoms with E-state index in [-0.39, 0.29) is 11.2 Å². The molecule has 0 aromatic heterocycles. The topological polar surface area (TPSA) is 32.6 Å². The smallest absolute Gasteiger partial charge is 0.0614 e. The van der Waals surface area contributed by atoms with Crippen molar-refractivity contribution in [1.29, 1.82) is 0 Å². The summed E-state index contributed by atoms with van der Waals surface area (Å²) in [5, 5.41) is 4.33. The SMILES string of the molecule is CC(C)(C)OCC[N]CCOC(C)(C)C. The van der Waals surface area contributed by atoms with Crippen molar-refractivity contribution in [1.82, 2.24) is 5.32 Å². The molecule has 1 radical (unpaired) electrons. The Balaban J connectivity index is 3.20. The molecule has 0 bridgehead atoms. The van der Waals surface area contributed by atoms with Gasteiger partial charge in [0.1, 0.15) is 0 Å². The highest BCUT2D eigenvalue weighted by atomic mass is 16.5. The van der Waals surface area contributed by atoms with Crippen LogP contribution in [0.1, 0.15) is 41.5 Å². The normalized spacial score (nSPS) is 13.2. The highest BCUT2D eigenvalue weighted by Crippen LogP contribution is 2.06. The van der Waals surface area contributed by atoms with Crippen LogP contribution in [-0.4, -0.2) is 37.5 Å². The van der Waals surface area contributed by atoms with Gasteiger partial charge >= 0.3 is 0 Å². The first-order valence-corrected chi connectivity index (χ1v) is 5.62. The van der Waals surface area contributed by atoms with E-state index >= 15 is 0 Å². The van der Waals surface area contributed by atoms with Gasteiger partial charge in [0.05, 0.1) is 24.4 Å². The maximum absolute atomic E-state index is 5.54. The quantitative estimate of drug-likeness (QED) is 0.638. The third-order valence-corrected chi connectivity index (χ3v) is 1.57. The lowest BCUT2D eigenvalue weighted by Gasteiger charge is -2.20. The zero-order chi connectivity index (χ0) is 11.9. The predicted octanol–water partition coefficient (Wildman–Crippen LogP) is 2.22. The van der Waals surface area contributed by atoms with Crippen LogP contribution in [0.4, 0.5) is 0 Å². The van der Waals surface area contributed by atoms with Gasteiger partial charge < -0.3 is 9.47 Å². The first-order chi connectivity index (χ1) is 6.71. The van der Waals surface area contributed by atoms with Crippen LogP contribution in [0.5, 0.6) is 0 Å². The molecular weight excluding hydrogens is 190 g/mol. The van der Waals surface area contributed by atoms with Gasteiger partial charge in [0.2, 0.25) is 0 Å². The van der Waals surface area contributed by atoms with Crippen molar-refractivity contribution in [2.75, 3.05) is 26.3 Å². The maximum atomic E-state index is 5.54. The Morgan fingerprint density at radius 1 is 0.733 bits per heavy atom. The molecule has 0 amide bonds. The van der Waals surface area contributed by atoms with Crippen LogP contribution in [0.3, 0.4) is 0 Å². The Bertz CT molecular complexity index is 138. The van der Waals surface area contributed by atoms with Gasteiger partial charge in [-0.1, -0.05) is 0 Å². The summed E-state index contributed by atoms with van der Waals surface area (Å²) in [6.45, 7) is 15.2. The van der Waals surface area contributed by atoms with Gasteiger partial charge in [-0.2, -0.15) is 0 Å². The van der Waals surface area contributed by atoms with Crippen molar-refractivity contribution in [2.24, 2.45) is 0 Å². The molecule has 0 saturated carbocycles. The molecule has 15 heavy (non-hydrogen) atoms. The van der Waals surface area contributed by atoms with Crippen molar-refractivity contribution in [2.45, 2.75) is 52.7 Å². The van der Waals surface area contributed by atoms with E-state index in [0.717, 1.165) is 13.1 Å². The minimum Gasteiger partial charge on any atom is -0.374 e. The van der Waals surface area contributed by atoms with Crippen molar-refractivity contribution in [3.05, 3.63) is 0 Å². The van der Waals surface area contributed by atoms with Crippen LogP contribution >= 0.6 is 0 Å². The summed E-state index contributed by atoms with van der Waals surface area (Å²) < 4.78 is 11.1. The Kier molecular flexibility index (Phi) is 6.41. The molecule has 3 nitrogen and oxygen atoms in total. The van der Waals surface area contributed by atoms with Crippen LogP contribution in [-0.2, 0) is 9.47 Å². The molecule has 0 aliphatic carbocycles. The van der Waals surface area contributed by atoms with Crippen LogP contribution < -0.4 is 5.32 Å². The number of rotatable bonds is 6. The van der Waals surface area contributed by atoms with E-state index in [0.29, 0.717) is 13.2 Å². The molecule has 0 fully saturated rings. The molecule has 0 saturated heterocycles. The summed E-state index contributed by atoms with van der Waals surface area (Å²) in [6, 6.07) is 0. The standard InChI is InChI=1S/C12H26NO2/c1-11(2,3)14-9-7-13-8-10-15-12(4,5)6/h7-10H2,1-6H3. The second-order valence-electron chi connectivity index (χ2n) is 5.59. The van der Waals surface area contributed by atoms with Crippen LogP contribution in [0, 0.1) is 0 Å². The lowest BCUT2D eigenvalue weighted by molar-refractivity contribution is -0.00977. The van der Waals surface area contributed by atoms with E-state index in [1.54, 1.807) is 0 Å². The minimum absolute atomic E-state index is 0.0581. The minimum atomic E-state index is -0.0581. The molecule has 0 spiro atoms. The average molecular weight is 216 g/mol. The monoisotopic (exact) mass is 216 g/mol. The fraction of sp³-hybridized carbons (Fsp3) is 1.00. The van der Waals surface area contributed by atoms with E-state index < -0.39 is 0 Å². The highest BCUT2D eigenvalue weighted by molar-refractivity contribution is 4.60. The van der Waals surface area contributed by atoms with E-state index in [9.17, 15) is 0 Å². The fourth-order valence-corrected chi connectivity index (χ4v) is 0.945. The Morgan fingerprint density at radius 2 is 1.07 bits per heavy atom. The molecule has 0 N–H and O–H groups in total. The van der Waals surface area contributed by atoms with Crippen LogP contribution in [0.25, 0.3) is 0 Å². The first kappa shape index (κ1) is 14.9. The third-order valence-electron chi connectivity index (χ3n) is 1.57. The number of hydrogen-bond donors (Lipinski definition) is 0. The predicted molar refractivity (Wildman–Crippen MR) is 63.3 cm³/mol. The van der Waals surface area contributed by atoms with Crippen LogP contribution in [0.2, 0.25) is 0 Å². The zero-order valence-electron chi connectivity index (χ0n) is 11.1. The fourth-order valence-electron chi connectivity index (χ4n) is 0.945. The van der Waals surface area contributed by atoms with E-state index in [2.05, 4.69) is 46.9 Å². The number of hydrogen-bond acceptors (Lipinski definition) is 2. The molecule has 0 heterocycles. The molecule has 0 aliphatic heterocycles. The van der Waals surface area contributed by atoms with Gasteiger partial charge in [-0.3, -0.25) is 0 Å². The Hall–Kier alpha value is -0.120. The Morgan fingerprint density at radius 3 is 1.33 bits per heavy atom. The van der Waals surface area contributed by atoms with E-state index in [4.69, 9.17) is 9.47 Å². The van der Waals surface area contributed by atoms with E-state index in [1.165, 1.54) is 0 Å². The summed E-state index contributed by atoms with van der Waals surface area (Å²) in [7, 11) is 0. The third kappa shape index (κ3) is 13.9. The second-order valence-corrected chi connectivity index (χ2v) is 5.59. The van der Waals surface area contributed by atoms with Gasteiger partial charge in [-0.05, 0) is 41.5 Å².